The average molecular weight is 254 g/mol. The molecule has 1 aliphatic carbocycles. The summed E-state index contributed by atoms with van der Waals surface area (Å²) in [5.41, 5.74) is 1.51. The summed E-state index contributed by atoms with van der Waals surface area (Å²) in [6.07, 6.45) is 10.8. The van der Waals surface area contributed by atoms with Crippen LogP contribution in [0, 0.1) is 11.3 Å². The molecule has 1 fully saturated rings. The van der Waals surface area contributed by atoms with Crippen LogP contribution in [0.1, 0.15) is 62.3 Å². The minimum Gasteiger partial charge on any atom is -0.285 e. The fraction of sp³-hybridized carbons (Fsp3) is 0.533. The lowest BCUT2D eigenvalue weighted by atomic mass is 9.90. The maximum absolute atomic E-state index is 9.01. The lowest BCUT2D eigenvalue weighted by Crippen LogP contribution is -2.07. The van der Waals surface area contributed by atoms with Gasteiger partial charge in [0.25, 0.3) is 0 Å². The van der Waals surface area contributed by atoms with E-state index < -0.39 is 0 Å². The molecule has 4 heteroatoms. The third-order valence-electron chi connectivity index (χ3n) is 4.03. The van der Waals surface area contributed by atoms with E-state index in [2.05, 4.69) is 16.3 Å². The van der Waals surface area contributed by atoms with E-state index in [0.29, 0.717) is 11.5 Å². The number of fused-ring (bicyclic) bond motifs is 1. The van der Waals surface area contributed by atoms with Gasteiger partial charge in [-0.15, -0.1) is 10.2 Å². The summed E-state index contributed by atoms with van der Waals surface area (Å²) in [7, 11) is 0. The fourth-order valence-corrected chi connectivity index (χ4v) is 2.97. The van der Waals surface area contributed by atoms with Gasteiger partial charge in [0, 0.05) is 12.1 Å². The molecule has 19 heavy (non-hydrogen) atoms. The number of hydrogen-bond donors (Lipinski definition) is 0. The molecule has 98 valence electrons. The van der Waals surface area contributed by atoms with Crippen LogP contribution >= 0.6 is 0 Å². The van der Waals surface area contributed by atoms with Crippen LogP contribution in [-0.4, -0.2) is 14.6 Å². The molecule has 4 nitrogen and oxygen atoms in total. The molecule has 0 aromatic carbocycles. The molecule has 2 heterocycles. The summed E-state index contributed by atoms with van der Waals surface area (Å²) in [5, 5.41) is 17.6. The maximum Gasteiger partial charge on any atom is 0.160 e. The van der Waals surface area contributed by atoms with Crippen molar-refractivity contribution in [2.45, 2.75) is 50.9 Å². The second-order valence-electron chi connectivity index (χ2n) is 5.36. The highest BCUT2D eigenvalue weighted by molar-refractivity contribution is 5.43. The van der Waals surface area contributed by atoms with Gasteiger partial charge < -0.3 is 0 Å². The molecule has 0 atom stereocenters. The standard InChI is InChI=1S/C15H18N4/c16-10-12-8-9-14-17-18-15(19(14)11-12)13-6-4-2-1-3-5-7-13/h8-9,11,13H,1-7H2. The third-order valence-corrected chi connectivity index (χ3v) is 4.03. The minimum absolute atomic E-state index is 0.490. The molecular weight excluding hydrogens is 236 g/mol. The number of hydrogen-bond acceptors (Lipinski definition) is 3. The van der Waals surface area contributed by atoms with E-state index in [9.17, 15) is 0 Å². The second kappa shape index (κ2) is 5.40. The van der Waals surface area contributed by atoms with Crippen LogP contribution in [0.4, 0.5) is 0 Å². The maximum atomic E-state index is 9.01. The molecule has 1 saturated carbocycles. The molecular formula is C15H18N4. The van der Waals surface area contributed by atoms with Crippen molar-refractivity contribution in [1.29, 1.82) is 5.26 Å². The van der Waals surface area contributed by atoms with Gasteiger partial charge in [0.2, 0.25) is 0 Å². The molecule has 1 aliphatic rings. The van der Waals surface area contributed by atoms with Crippen LogP contribution in [0.5, 0.6) is 0 Å². The van der Waals surface area contributed by atoms with Crippen LogP contribution in [0.2, 0.25) is 0 Å². The van der Waals surface area contributed by atoms with Gasteiger partial charge in [-0.3, -0.25) is 4.40 Å². The molecule has 0 aliphatic heterocycles. The Balaban J connectivity index is 1.96. The monoisotopic (exact) mass is 254 g/mol. The van der Waals surface area contributed by atoms with Crippen molar-refractivity contribution in [2.24, 2.45) is 0 Å². The molecule has 2 aromatic rings. The van der Waals surface area contributed by atoms with E-state index in [4.69, 9.17) is 5.26 Å². The van der Waals surface area contributed by atoms with Crippen molar-refractivity contribution in [2.75, 3.05) is 0 Å². The Labute approximate surface area is 113 Å². The Morgan fingerprint density at radius 1 is 1.05 bits per heavy atom. The zero-order valence-corrected chi connectivity index (χ0v) is 11.0. The van der Waals surface area contributed by atoms with Gasteiger partial charge in [-0.2, -0.15) is 5.26 Å². The second-order valence-corrected chi connectivity index (χ2v) is 5.36. The fourth-order valence-electron chi connectivity index (χ4n) is 2.97. The van der Waals surface area contributed by atoms with E-state index >= 15 is 0 Å². The Bertz CT molecular complexity index is 600. The summed E-state index contributed by atoms with van der Waals surface area (Å²) in [6, 6.07) is 5.86. The van der Waals surface area contributed by atoms with Gasteiger partial charge in [0.15, 0.2) is 5.65 Å². The number of nitriles is 1. The van der Waals surface area contributed by atoms with Crippen LogP contribution < -0.4 is 0 Å². The zero-order chi connectivity index (χ0) is 13.1. The van der Waals surface area contributed by atoms with Gasteiger partial charge in [-0.05, 0) is 25.0 Å². The summed E-state index contributed by atoms with van der Waals surface area (Å²) in [6.45, 7) is 0. The van der Waals surface area contributed by atoms with Gasteiger partial charge in [-0.25, -0.2) is 0 Å². The van der Waals surface area contributed by atoms with E-state index in [1.165, 1.54) is 44.9 Å². The number of nitrogens with zero attached hydrogens (tertiary/aromatic N) is 4. The number of rotatable bonds is 1. The Morgan fingerprint density at radius 3 is 2.53 bits per heavy atom. The number of aromatic nitrogens is 3. The summed E-state index contributed by atoms with van der Waals surface area (Å²) in [5.74, 6) is 1.53. The first-order valence-corrected chi connectivity index (χ1v) is 7.13. The Morgan fingerprint density at radius 2 is 1.79 bits per heavy atom. The largest absolute Gasteiger partial charge is 0.285 e. The zero-order valence-electron chi connectivity index (χ0n) is 11.0. The SMILES string of the molecule is N#Cc1ccc2nnc(C3CCCCCCC3)n2c1. The van der Waals surface area contributed by atoms with Crippen molar-refractivity contribution in [3.8, 4) is 6.07 Å². The molecule has 0 spiro atoms. The molecule has 0 radical (unpaired) electrons. The van der Waals surface area contributed by atoms with Gasteiger partial charge in [-0.1, -0.05) is 32.1 Å². The van der Waals surface area contributed by atoms with E-state index in [1.54, 1.807) is 6.07 Å². The highest BCUT2D eigenvalue weighted by atomic mass is 15.2. The normalized spacial score (nSPS) is 17.8. The predicted octanol–water partition coefficient (Wildman–Crippen LogP) is 3.43. The summed E-state index contributed by atoms with van der Waals surface area (Å²) in [4.78, 5) is 0. The molecule has 0 unspecified atom stereocenters. The third kappa shape index (κ3) is 2.46. The first kappa shape index (κ1) is 12.2. The first-order valence-electron chi connectivity index (χ1n) is 7.13. The smallest absolute Gasteiger partial charge is 0.160 e. The van der Waals surface area contributed by atoms with Crippen molar-refractivity contribution in [1.82, 2.24) is 14.6 Å². The topological polar surface area (TPSA) is 54.0 Å². The highest BCUT2D eigenvalue weighted by Gasteiger charge is 2.19. The molecule has 0 bridgehead atoms. The molecule has 2 aromatic heterocycles. The number of pyridine rings is 1. The highest BCUT2D eigenvalue weighted by Crippen LogP contribution is 2.30. The molecule has 3 rings (SSSR count). The van der Waals surface area contributed by atoms with Crippen molar-refractivity contribution < 1.29 is 0 Å². The average Bonchev–Trinajstić information content (AvgIpc) is 2.81. The Kier molecular flexibility index (Phi) is 3.45. The van der Waals surface area contributed by atoms with Crippen molar-refractivity contribution in [3.05, 3.63) is 29.7 Å². The minimum atomic E-state index is 0.490. The lowest BCUT2D eigenvalue weighted by Gasteiger charge is -2.18. The molecule has 0 saturated heterocycles. The van der Waals surface area contributed by atoms with E-state index in [-0.39, 0.29) is 0 Å². The van der Waals surface area contributed by atoms with Crippen LogP contribution in [-0.2, 0) is 0 Å². The Hall–Kier alpha value is -1.89. The molecule has 0 N–H and O–H groups in total. The first-order chi connectivity index (χ1) is 9.38. The van der Waals surface area contributed by atoms with Crippen molar-refractivity contribution in [3.63, 3.8) is 0 Å². The predicted molar refractivity (Wildman–Crippen MR) is 72.8 cm³/mol. The van der Waals surface area contributed by atoms with Crippen LogP contribution in [0.3, 0.4) is 0 Å². The summed E-state index contributed by atoms with van der Waals surface area (Å²) >= 11 is 0. The van der Waals surface area contributed by atoms with E-state index in [0.717, 1.165) is 11.5 Å². The summed E-state index contributed by atoms with van der Waals surface area (Å²) < 4.78 is 2.00. The van der Waals surface area contributed by atoms with E-state index in [1.807, 2.05) is 16.7 Å². The van der Waals surface area contributed by atoms with Gasteiger partial charge >= 0.3 is 0 Å². The van der Waals surface area contributed by atoms with Crippen molar-refractivity contribution >= 4 is 5.65 Å². The quantitative estimate of drug-likeness (QED) is 0.783. The molecule has 0 amide bonds. The lowest BCUT2D eigenvalue weighted by molar-refractivity contribution is 0.440. The van der Waals surface area contributed by atoms with Crippen LogP contribution in [0.15, 0.2) is 18.3 Å². The van der Waals surface area contributed by atoms with Crippen LogP contribution in [0.25, 0.3) is 5.65 Å². The van der Waals surface area contributed by atoms with Gasteiger partial charge in [0.1, 0.15) is 11.9 Å². The van der Waals surface area contributed by atoms with Gasteiger partial charge in [0.05, 0.1) is 5.56 Å².